The molecule has 1 aromatic heterocycles. The van der Waals surface area contributed by atoms with E-state index in [0.29, 0.717) is 5.41 Å². The van der Waals surface area contributed by atoms with Gasteiger partial charge in [-0.05, 0) is 54.2 Å². The maximum absolute atomic E-state index is 4.26. The van der Waals surface area contributed by atoms with Gasteiger partial charge in [0.1, 0.15) is 0 Å². The van der Waals surface area contributed by atoms with Gasteiger partial charge in [0, 0.05) is 12.4 Å². The lowest BCUT2D eigenvalue weighted by Crippen LogP contribution is -2.35. The van der Waals surface area contributed by atoms with Gasteiger partial charge in [-0.25, -0.2) is 0 Å². The van der Waals surface area contributed by atoms with Gasteiger partial charge < -0.3 is 0 Å². The van der Waals surface area contributed by atoms with Crippen molar-refractivity contribution in [3.8, 4) is 0 Å². The van der Waals surface area contributed by atoms with Crippen LogP contribution in [-0.2, 0) is 11.8 Å². The fraction of sp³-hybridized carbons (Fsp3) is 0.643. The lowest BCUT2D eigenvalue weighted by atomic mass is 9.63. The highest BCUT2D eigenvalue weighted by molar-refractivity contribution is 5.35. The van der Waals surface area contributed by atoms with Gasteiger partial charge >= 0.3 is 0 Å². The van der Waals surface area contributed by atoms with Gasteiger partial charge in [-0.1, -0.05) is 20.8 Å². The number of hydrogen-bond donors (Lipinski definition) is 0. The highest BCUT2D eigenvalue weighted by Gasteiger charge is 2.37. The van der Waals surface area contributed by atoms with Crippen LogP contribution in [0, 0.1) is 5.92 Å². The Kier molecular flexibility index (Phi) is 2.81. The largest absolute Gasteiger partial charge is 0.264 e. The van der Waals surface area contributed by atoms with Gasteiger partial charge in [0.15, 0.2) is 0 Å². The molecule has 0 saturated carbocycles. The molecule has 1 aliphatic carbocycles. The summed E-state index contributed by atoms with van der Waals surface area (Å²) in [6.07, 6.45) is 9.17. The number of rotatable bonds is 2. The summed E-state index contributed by atoms with van der Waals surface area (Å²) in [5.74, 6) is 0.726. The highest BCUT2D eigenvalue weighted by Crippen LogP contribution is 2.44. The SMILES string of the molecule is CCC1(C(C)C)CCCc2cnccc21. The van der Waals surface area contributed by atoms with E-state index in [1.54, 1.807) is 5.56 Å². The molecule has 0 bridgehead atoms. The highest BCUT2D eigenvalue weighted by atomic mass is 14.6. The lowest BCUT2D eigenvalue weighted by Gasteiger charge is -2.42. The van der Waals surface area contributed by atoms with E-state index in [9.17, 15) is 0 Å². The molecule has 1 aliphatic rings. The summed E-state index contributed by atoms with van der Waals surface area (Å²) >= 11 is 0. The van der Waals surface area contributed by atoms with Gasteiger partial charge in [0.2, 0.25) is 0 Å². The molecule has 1 aromatic rings. The standard InChI is InChI=1S/C14H21N/c1-4-14(11(2)3)8-5-6-12-10-15-9-7-13(12)14/h7,9-11H,4-6,8H2,1-3H3. The summed E-state index contributed by atoms with van der Waals surface area (Å²) in [5.41, 5.74) is 3.47. The minimum Gasteiger partial charge on any atom is -0.264 e. The van der Waals surface area contributed by atoms with Crippen LogP contribution in [0.4, 0.5) is 0 Å². The first kappa shape index (κ1) is 10.7. The van der Waals surface area contributed by atoms with Crippen LogP contribution in [-0.4, -0.2) is 4.98 Å². The molecule has 0 amide bonds. The van der Waals surface area contributed by atoms with Crippen LogP contribution in [0.15, 0.2) is 18.5 Å². The Bertz CT molecular complexity index is 343. The summed E-state index contributed by atoms with van der Waals surface area (Å²) in [7, 11) is 0. The molecule has 1 heteroatoms. The minimum atomic E-state index is 0.413. The normalized spacial score (nSPS) is 25.3. The summed E-state index contributed by atoms with van der Waals surface area (Å²) in [5, 5.41) is 0. The van der Waals surface area contributed by atoms with Crippen molar-refractivity contribution in [2.24, 2.45) is 5.92 Å². The number of fused-ring (bicyclic) bond motifs is 1. The fourth-order valence-corrected chi connectivity index (χ4v) is 3.22. The maximum Gasteiger partial charge on any atom is 0.0302 e. The van der Waals surface area contributed by atoms with E-state index >= 15 is 0 Å². The van der Waals surface area contributed by atoms with Crippen molar-refractivity contribution >= 4 is 0 Å². The van der Waals surface area contributed by atoms with Crippen LogP contribution in [0.2, 0.25) is 0 Å². The summed E-state index contributed by atoms with van der Waals surface area (Å²) in [4.78, 5) is 4.26. The quantitative estimate of drug-likeness (QED) is 0.714. The molecule has 0 N–H and O–H groups in total. The van der Waals surface area contributed by atoms with Crippen LogP contribution in [0.5, 0.6) is 0 Å². The second-order valence-electron chi connectivity index (χ2n) is 5.05. The molecule has 0 aromatic carbocycles. The third-order valence-electron chi connectivity index (χ3n) is 4.25. The van der Waals surface area contributed by atoms with Crippen LogP contribution in [0.1, 0.15) is 51.2 Å². The monoisotopic (exact) mass is 203 g/mol. The number of nitrogens with zero attached hydrogens (tertiary/aromatic N) is 1. The maximum atomic E-state index is 4.26. The second-order valence-corrected chi connectivity index (χ2v) is 5.05. The molecule has 1 nitrogen and oxygen atoms in total. The van der Waals surface area contributed by atoms with Gasteiger partial charge in [0.05, 0.1) is 0 Å². The van der Waals surface area contributed by atoms with Gasteiger partial charge in [-0.3, -0.25) is 4.98 Å². The molecular formula is C14H21N. The van der Waals surface area contributed by atoms with E-state index in [-0.39, 0.29) is 0 Å². The zero-order valence-corrected chi connectivity index (χ0v) is 10.1. The van der Waals surface area contributed by atoms with Crippen LogP contribution >= 0.6 is 0 Å². The van der Waals surface area contributed by atoms with E-state index in [1.807, 2.05) is 6.20 Å². The average Bonchev–Trinajstić information content (AvgIpc) is 2.28. The van der Waals surface area contributed by atoms with Crippen molar-refractivity contribution < 1.29 is 0 Å². The van der Waals surface area contributed by atoms with Crippen LogP contribution in [0.25, 0.3) is 0 Å². The Hall–Kier alpha value is -0.850. The molecule has 1 heterocycles. The Balaban J connectivity index is 2.52. The summed E-state index contributed by atoms with van der Waals surface area (Å²) < 4.78 is 0. The number of aromatic nitrogens is 1. The smallest absolute Gasteiger partial charge is 0.0302 e. The van der Waals surface area contributed by atoms with Crippen LogP contribution < -0.4 is 0 Å². The molecular weight excluding hydrogens is 182 g/mol. The van der Waals surface area contributed by atoms with Crippen molar-refractivity contribution in [2.75, 3.05) is 0 Å². The molecule has 0 spiro atoms. The Morgan fingerprint density at radius 1 is 1.47 bits per heavy atom. The van der Waals surface area contributed by atoms with E-state index in [1.165, 1.54) is 31.2 Å². The molecule has 0 radical (unpaired) electrons. The molecule has 0 aliphatic heterocycles. The van der Waals surface area contributed by atoms with Crippen LogP contribution in [0.3, 0.4) is 0 Å². The molecule has 82 valence electrons. The van der Waals surface area contributed by atoms with Crippen molar-refractivity contribution in [3.63, 3.8) is 0 Å². The molecule has 15 heavy (non-hydrogen) atoms. The zero-order chi connectivity index (χ0) is 10.9. The number of hydrogen-bond acceptors (Lipinski definition) is 1. The molecule has 1 unspecified atom stereocenters. The molecule has 0 saturated heterocycles. The van der Waals surface area contributed by atoms with Gasteiger partial charge in [0.25, 0.3) is 0 Å². The predicted molar refractivity (Wildman–Crippen MR) is 64.0 cm³/mol. The first-order valence-corrected chi connectivity index (χ1v) is 6.14. The Morgan fingerprint density at radius 2 is 2.27 bits per heavy atom. The lowest BCUT2D eigenvalue weighted by molar-refractivity contribution is 0.252. The van der Waals surface area contributed by atoms with Crippen molar-refractivity contribution in [1.82, 2.24) is 4.98 Å². The van der Waals surface area contributed by atoms with E-state index in [4.69, 9.17) is 0 Å². The Morgan fingerprint density at radius 3 is 2.93 bits per heavy atom. The third-order valence-corrected chi connectivity index (χ3v) is 4.25. The summed E-state index contributed by atoms with van der Waals surface area (Å²) in [6, 6.07) is 2.25. The molecule has 2 rings (SSSR count). The van der Waals surface area contributed by atoms with E-state index in [0.717, 1.165) is 5.92 Å². The predicted octanol–water partition coefficient (Wildman–Crippen LogP) is 3.72. The first-order chi connectivity index (χ1) is 7.20. The van der Waals surface area contributed by atoms with Crippen molar-refractivity contribution in [1.29, 1.82) is 0 Å². The minimum absolute atomic E-state index is 0.413. The zero-order valence-electron chi connectivity index (χ0n) is 10.1. The van der Waals surface area contributed by atoms with Gasteiger partial charge in [-0.2, -0.15) is 0 Å². The number of pyridine rings is 1. The third kappa shape index (κ3) is 1.58. The van der Waals surface area contributed by atoms with Crippen molar-refractivity contribution in [2.45, 2.75) is 51.9 Å². The molecule has 0 fully saturated rings. The topological polar surface area (TPSA) is 12.9 Å². The van der Waals surface area contributed by atoms with Gasteiger partial charge in [-0.15, -0.1) is 0 Å². The summed E-state index contributed by atoms with van der Waals surface area (Å²) in [6.45, 7) is 7.05. The van der Waals surface area contributed by atoms with E-state index in [2.05, 4.69) is 38.0 Å². The van der Waals surface area contributed by atoms with E-state index < -0.39 is 0 Å². The average molecular weight is 203 g/mol. The number of aryl methyl sites for hydroxylation is 1. The molecule has 1 atom stereocenters. The fourth-order valence-electron chi connectivity index (χ4n) is 3.22. The van der Waals surface area contributed by atoms with Crippen molar-refractivity contribution in [3.05, 3.63) is 29.6 Å². The Labute approximate surface area is 92.9 Å². The first-order valence-electron chi connectivity index (χ1n) is 6.14. The second kappa shape index (κ2) is 3.96.